The Bertz CT molecular complexity index is 1560. The molecule has 0 aliphatic carbocycles. The van der Waals surface area contributed by atoms with E-state index in [1.165, 1.54) is 107 Å². The number of hydrogen-bond donors (Lipinski definition) is 0. The van der Waals surface area contributed by atoms with E-state index in [2.05, 4.69) is 159 Å². The monoisotopic (exact) mass is 636 g/mol. The molecule has 0 heterocycles. The van der Waals surface area contributed by atoms with Gasteiger partial charge in [-0.05, 0) is 93.7 Å². The van der Waals surface area contributed by atoms with Gasteiger partial charge in [0.05, 0.1) is 0 Å². The van der Waals surface area contributed by atoms with Crippen molar-refractivity contribution in [2.45, 2.75) is 79.1 Å². The van der Waals surface area contributed by atoms with E-state index in [-0.39, 0.29) is 0 Å². The molecule has 0 saturated heterocycles. The molecule has 2 heteroatoms. The Kier molecular flexibility index (Phi) is 13.3. The molecule has 0 bridgehead atoms. The summed E-state index contributed by atoms with van der Waals surface area (Å²) < 4.78 is 0. The first kappa shape index (κ1) is 35.0. The molecule has 5 rings (SSSR count). The van der Waals surface area contributed by atoms with Crippen LogP contribution in [0.4, 0.5) is 11.4 Å². The third kappa shape index (κ3) is 8.98. The topological polar surface area (TPSA) is 6.48 Å². The molecule has 0 atom stereocenters. The fourth-order valence-electron chi connectivity index (χ4n) is 6.64. The molecule has 0 N–H and O–H groups in total. The maximum Gasteiger partial charge on any atom is 0.0366 e. The first-order valence-corrected chi connectivity index (χ1v) is 18.7. The van der Waals surface area contributed by atoms with Crippen LogP contribution in [0.1, 0.15) is 101 Å². The van der Waals surface area contributed by atoms with Gasteiger partial charge in [-0.3, -0.25) is 0 Å². The smallest absolute Gasteiger partial charge is 0.0366 e. The number of hydrogen-bond acceptors (Lipinski definition) is 2. The van der Waals surface area contributed by atoms with Crippen LogP contribution in [0.5, 0.6) is 0 Å². The van der Waals surface area contributed by atoms with Gasteiger partial charge >= 0.3 is 0 Å². The van der Waals surface area contributed by atoms with Gasteiger partial charge < -0.3 is 9.80 Å². The Morgan fingerprint density at radius 1 is 0.375 bits per heavy atom. The SMILES string of the molecule is CCCCN(CCCC)c1ccc(C=Cc2c3ccccc3c(C=Cc3ccc(N(CCCC)CCCC)cc3)c3ccccc23)cc1. The van der Waals surface area contributed by atoms with Crippen molar-refractivity contribution < 1.29 is 0 Å². The van der Waals surface area contributed by atoms with E-state index in [1.807, 2.05) is 0 Å². The minimum atomic E-state index is 1.13. The van der Waals surface area contributed by atoms with E-state index in [1.54, 1.807) is 0 Å². The lowest BCUT2D eigenvalue weighted by atomic mass is 9.91. The van der Waals surface area contributed by atoms with Crippen LogP contribution >= 0.6 is 0 Å². The van der Waals surface area contributed by atoms with Gasteiger partial charge in [-0.1, -0.05) is 150 Å². The van der Waals surface area contributed by atoms with Crippen molar-refractivity contribution in [2.24, 2.45) is 0 Å². The second kappa shape index (κ2) is 18.3. The molecule has 2 nitrogen and oxygen atoms in total. The van der Waals surface area contributed by atoms with E-state index in [4.69, 9.17) is 0 Å². The maximum atomic E-state index is 2.55. The minimum Gasteiger partial charge on any atom is -0.372 e. The number of unbranched alkanes of at least 4 members (excludes halogenated alkanes) is 4. The van der Waals surface area contributed by atoms with Crippen molar-refractivity contribution in [2.75, 3.05) is 36.0 Å². The van der Waals surface area contributed by atoms with Crippen molar-refractivity contribution in [3.05, 3.63) is 119 Å². The summed E-state index contributed by atoms with van der Waals surface area (Å²) in [5, 5.41) is 5.14. The molecule has 0 amide bonds. The predicted molar refractivity (Wildman–Crippen MR) is 216 cm³/mol. The number of fused-ring (bicyclic) bond motifs is 2. The highest BCUT2D eigenvalue weighted by atomic mass is 15.1. The van der Waals surface area contributed by atoms with Crippen molar-refractivity contribution in [3.8, 4) is 0 Å². The lowest BCUT2D eigenvalue weighted by Crippen LogP contribution is -2.25. The quantitative estimate of drug-likeness (QED) is 0.0697. The summed E-state index contributed by atoms with van der Waals surface area (Å²) >= 11 is 0. The second-order valence-electron chi connectivity index (χ2n) is 13.2. The van der Waals surface area contributed by atoms with Crippen LogP contribution in [0.15, 0.2) is 97.1 Å². The first-order valence-electron chi connectivity index (χ1n) is 18.7. The van der Waals surface area contributed by atoms with Crippen LogP contribution in [-0.2, 0) is 0 Å². The maximum absolute atomic E-state index is 2.55. The average Bonchev–Trinajstić information content (AvgIpc) is 3.14. The van der Waals surface area contributed by atoms with Gasteiger partial charge in [0.15, 0.2) is 0 Å². The fourth-order valence-corrected chi connectivity index (χ4v) is 6.64. The predicted octanol–water partition coefficient (Wildman–Crippen LogP) is 13.1. The Hall–Kier alpha value is -4.30. The highest BCUT2D eigenvalue weighted by molar-refractivity contribution is 6.14. The molecule has 0 aromatic heterocycles. The summed E-state index contributed by atoms with van der Waals surface area (Å²) in [5.74, 6) is 0. The molecule has 0 fully saturated rings. The molecule has 0 aliphatic rings. The van der Waals surface area contributed by atoms with Gasteiger partial charge in [0.1, 0.15) is 0 Å². The van der Waals surface area contributed by atoms with Crippen LogP contribution in [0, 0.1) is 0 Å². The molecule has 48 heavy (non-hydrogen) atoms. The number of rotatable bonds is 18. The minimum absolute atomic E-state index is 1.13. The van der Waals surface area contributed by atoms with Crippen molar-refractivity contribution in [1.29, 1.82) is 0 Å². The first-order chi connectivity index (χ1) is 23.7. The molecule has 0 radical (unpaired) electrons. The van der Waals surface area contributed by atoms with Gasteiger partial charge in [0.25, 0.3) is 0 Å². The van der Waals surface area contributed by atoms with E-state index in [0.717, 1.165) is 26.2 Å². The van der Waals surface area contributed by atoms with E-state index < -0.39 is 0 Å². The summed E-state index contributed by atoms with van der Waals surface area (Å²) in [4.78, 5) is 5.11. The molecule has 0 unspecified atom stereocenters. The fraction of sp³-hybridized carbons (Fsp3) is 0.348. The normalized spacial score (nSPS) is 11.8. The Morgan fingerprint density at radius 3 is 0.938 bits per heavy atom. The molecular formula is C46H56N2. The van der Waals surface area contributed by atoms with Crippen molar-refractivity contribution in [3.63, 3.8) is 0 Å². The summed E-state index contributed by atoms with van der Waals surface area (Å²) in [6, 6.07) is 36.1. The Balaban J connectivity index is 1.44. The number of anilines is 2. The summed E-state index contributed by atoms with van der Waals surface area (Å²) in [6.45, 7) is 13.6. The zero-order valence-corrected chi connectivity index (χ0v) is 29.9. The van der Waals surface area contributed by atoms with Gasteiger partial charge in [-0.2, -0.15) is 0 Å². The summed E-state index contributed by atoms with van der Waals surface area (Å²) in [5.41, 5.74) is 7.68. The van der Waals surface area contributed by atoms with Crippen molar-refractivity contribution in [1.82, 2.24) is 0 Å². The van der Waals surface area contributed by atoms with Gasteiger partial charge in [-0.15, -0.1) is 0 Å². The molecule has 0 aliphatic heterocycles. The van der Waals surface area contributed by atoms with E-state index in [9.17, 15) is 0 Å². The van der Waals surface area contributed by atoms with Crippen LogP contribution in [0.3, 0.4) is 0 Å². The zero-order chi connectivity index (χ0) is 33.6. The third-order valence-electron chi connectivity index (χ3n) is 9.54. The molecule has 0 spiro atoms. The molecular weight excluding hydrogens is 581 g/mol. The van der Waals surface area contributed by atoms with Crippen LogP contribution in [0.25, 0.3) is 45.8 Å². The van der Waals surface area contributed by atoms with Gasteiger partial charge in [-0.25, -0.2) is 0 Å². The Labute approximate surface area is 290 Å². The van der Waals surface area contributed by atoms with E-state index in [0.29, 0.717) is 0 Å². The van der Waals surface area contributed by atoms with Gasteiger partial charge in [0.2, 0.25) is 0 Å². The molecule has 0 saturated carbocycles. The lowest BCUT2D eigenvalue weighted by molar-refractivity contribution is 0.678. The average molecular weight is 637 g/mol. The highest BCUT2D eigenvalue weighted by Gasteiger charge is 2.11. The third-order valence-corrected chi connectivity index (χ3v) is 9.54. The summed E-state index contributed by atoms with van der Waals surface area (Å²) in [6.07, 6.45) is 19.0. The second-order valence-corrected chi connectivity index (χ2v) is 13.2. The largest absolute Gasteiger partial charge is 0.372 e. The van der Waals surface area contributed by atoms with Crippen LogP contribution < -0.4 is 9.80 Å². The lowest BCUT2D eigenvalue weighted by Gasteiger charge is -2.24. The molecule has 5 aromatic rings. The van der Waals surface area contributed by atoms with Gasteiger partial charge in [0, 0.05) is 37.6 Å². The zero-order valence-electron chi connectivity index (χ0n) is 29.9. The number of benzene rings is 5. The standard InChI is InChI=1S/C46H56N2/c1-5-9-33-47(34-10-6-2)39-27-21-37(22-28-39)25-31-45-41-17-13-15-19-43(41)46(44-20-16-14-18-42(44)45)32-26-38-23-29-40(30-24-38)48(35-11-7-3)36-12-8-4/h13-32H,5-12,33-36H2,1-4H3. The highest BCUT2D eigenvalue weighted by Crippen LogP contribution is 2.35. The van der Waals surface area contributed by atoms with Crippen LogP contribution in [-0.4, -0.2) is 26.2 Å². The Morgan fingerprint density at radius 2 is 0.667 bits per heavy atom. The summed E-state index contributed by atoms with van der Waals surface area (Å²) in [7, 11) is 0. The number of nitrogens with zero attached hydrogens (tertiary/aromatic N) is 2. The molecule has 5 aromatic carbocycles. The molecule has 250 valence electrons. The van der Waals surface area contributed by atoms with Crippen molar-refractivity contribution >= 4 is 57.2 Å². The van der Waals surface area contributed by atoms with Crippen LogP contribution in [0.2, 0.25) is 0 Å². The van der Waals surface area contributed by atoms with E-state index >= 15 is 0 Å².